The van der Waals surface area contributed by atoms with Crippen molar-refractivity contribution in [3.8, 4) is 17.0 Å². The van der Waals surface area contributed by atoms with Crippen molar-refractivity contribution in [2.45, 2.75) is 13.8 Å². The third kappa shape index (κ3) is 4.11. The number of benzene rings is 3. The molecule has 0 aliphatic rings. The summed E-state index contributed by atoms with van der Waals surface area (Å²) in [5, 5.41) is 3.82. The van der Waals surface area contributed by atoms with Crippen LogP contribution in [-0.2, 0) is 0 Å². The second kappa shape index (κ2) is 8.15. The summed E-state index contributed by atoms with van der Waals surface area (Å²) in [6.07, 6.45) is 0. The number of pyridine rings is 1. The lowest BCUT2D eigenvalue weighted by Crippen LogP contribution is -2.13. The monoisotopic (exact) mass is 382 g/mol. The Labute approximate surface area is 170 Å². The number of aromatic nitrogens is 1. The number of carbonyl (C=O) groups excluding carboxylic acids is 1. The highest BCUT2D eigenvalue weighted by Gasteiger charge is 2.14. The fourth-order valence-electron chi connectivity index (χ4n) is 3.24. The van der Waals surface area contributed by atoms with Crippen LogP contribution in [-0.4, -0.2) is 17.5 Å². The molecular weight excluding hydrogens is 360 g/mol. The first-order valence-corrected chi connectivity index (χ1v) is 9.65. The molecule has 0 saturated heterocycles. The highest BCUT2D eigenvalue weighted by molar-refractivity contribution is 6.13. The minimum absolute atomic E-state index is 0.153. The van der Waals surface area contributed by atoms with Crippen molar-refractivity contribution >= 4 is 22.5 Å². The predicted octanol–water partition coefficient (Wildman–Crippen LogP) is 5.86. The van der Waals surface area contributed by atoms with E-state index in [2.05, 4.69) is 5.32 Å². The highest BCUT2D eigenvalue weighted by atomic mass is 16.5. The number of ether oxygens (including phenoxy) is 1. The van der Waals surface area contributed by atoms with Crippen LogP contribution in [0.3, 0.4) is 0 Å². The molecule has 4 nitrogen and oxygen atoms in total. The summed E-state index contributed by atoms with van der Waals surface area (Å²) in [7, 11) is 0. The fourth-order valence-corrected chi connectivity index (χ4v) is 3.24. The van der Waals surface area contributed by atoms with Gasteiger partial charge < -0.3 is 10.1 Å². The smallest absolute Gasteiger partial charge is 0.256 e. The Morgan fingerprint density at radius 3 is 2.41 bits per heavy atom. The topological polar surface area (TPSA) is 51.2 Å². The number of fused-ring (bicyclic) bond motifs is 1. The van der Waals surface area contributed by atoms with Crippen molar-refractivity contribution in [1.29, 1.82) is 0 Å². The first kappa shape index (κ1) is 18.7. The van der Waals surface area contributed by atoms with Crippen molar-refractivity contribution in [2.24, 2.45) is 0 Å². The summed E-state index contributed by atoms with van der Waals surface area (Å²) in [4.78, 5) is 17.8. The molecular formula is C25H22N2O2. The van der Waals surface area contributed by atoms with Gasteiger partial charge in [0.1, 0.15) is 5.75 Å². The number of carbonyl (C=O) groups is 1. The maximum Gasteiger partial charge on any atom is 0.256 e. The molecule has 1 amide bonds. The van der Waals surface area contributed by atoms with Gasteiger partial charge in [0.2, 0.25) is 0 Å². The lowest BCUT2D eigenvalue weighted by molar-refractivity contribution is 0.102. The summed E-state index contributed by atoms with van der Waals surface area (Å²) in [5.41, 5.74) is 4.98. The number of para-hydroxylation sites is 1. The van der Waals surface area contributed by atoms with E-state index >= 15 is 0 Å². The summed E-state index contributed by atoms with van der Waals surface area (Å²) in [5.74, 6) is 0.661. The van der Waals surface area contributed by atoms with E-state index in [1.54, 1.807) is 0 Å². The van der Waals surface area contributed by atoms with E-state index in [1.807, 2.05) is 92.7 Å². The molecule has 0 bridgehead atoms. The molecule has 0 unspecified atom stereocenters. The van der Waals surface area contributed by atoms with Gasteiger partial charge in [-0.3, -0.25) is 4.79 Å². The van der Waals surface area contributed by atoms with Gasteiger partial charge in [0.25, 0.3) is 5.91 Å². The number of nitrogens with zero attached hydrogens (tertiary/aromatic N) is 1. The molecule has 4 rings (SSSR count). The standard InChI is InChI=1S/C25H22N2O2/c1-3-29-20-14-10-18(11-15-20)24-16-22(21-6-4-5-7-23(21)27-24)25(28)26-19-12-8-17(2)9-13-19/h4-16H,3H2,1-2H3,(H,26,28). The minimum Gasteiger partial charge on any atom is -0.494 e. The van der Waals surface area contributed by atoms with Gasteiger partial charge in [0.15, 0.2) is 0 Å². The lowest BCUT2D eigenvalue weighted by Gasteiger charge is -2.11. The van der Waals surface area contributed by atoms with E-state index in [0.717, 1.165) is 39.2 Å². The molecule has 0 aliphatic carbocycles. The van der Waals surface area contributed by atoms with Crippen LogP contribution in [0, 0.1) is 6.92 Å². The number of rotatable bonds is 5. The predicted molar refractivity (Wildman–Crippen MR) is 117 cm³/mol. The molecule has 144 valence electrons. The van der Waals surface area contributed by atoms with Gasteiger partial charge in [-0.1, -0.05) is 35.9 Å². The van der Waals surface area contributed by atoms with E-state index in [4.69, 9.17) is 9.72 Å². The third-order valence-electron chi connectivity index (χ3n) is 4.73. The molecule has 1 heterocycles. The normalized spacial score (nSPS) is 10.7. The first-order valence-electron chi connectivity index (χ1n) is 9.65. The van der Waals surface area contributed by atoms with Crippen LogP contribution in [0.1, 0.15) is 22.8 Å². The second-order valence-electron chi connectivity index (χ2n) is 6.85. The molecule has 29 heavy (non-hydrogen) atoms. The third-order valence-corrected chi connectivity index (χ3v) is 4.73. The Kier molecular flexibility index (Phi) is 5.25. The molecule has 0 fully saturated rings. The van der Waals surface area contributed by atoms with E-state index in [9.17, 15) is 4.79 Å². The maximum absolute atomic E-state index is 13.1. The van der Waals surface area contributed by atoms with Crippen LogP contribution in [0.5, 0.6) is 5.75 Å². The summed E-state index contributed by atoms with van der Waals surface area (Å²) in [6.45, 7) is 4.60. The lowest BCUT2D eigenvalue weighted by atomic mass is 10.0. The van der Waals surface area contributed by atoms with Gasteiger partial charge in [-0.2, -0.15) is 0 Å². The zero-order chi connectivity index (χ0) is 20.2. The number of amides is 1. The molecule has 4 aromatic rings. The van der Waals surface area contributed by atoms with Gasteiger partial charge in [-0.05, 0) is 62.4 Å². The molecule has 0 radical (unpaired) electrons. The van der Waals surface area contributed by atoms with Gasteiger partial charge in [-0.25, -0.2) is 4.98 Å². The molecule has 0 aliphatic heterocycles. The fraction of sp³-hybridized carbons (Fsp3) is 0.120. The van der Waals surface area contributed by atoms with Crippen molar-refractivity contribution in [1.82, 2.24) is 4.98 Å². The Balaban J connectivity index is 1.74. The highest BCUT2D eigenvalue weighted by Crippen LogP contribution is 2.27. The summed E-state index contributed by atoms with van der Waals surface area (Å²) >= 11 is 0. The van der Waals surface area contributed by atoms with Crippen LogP contribution in [0.2, 0.25) is 0 Å². The minimum atomic E-state index is -0.153. The van der Waals surface area contributed by atoms with Crippen molar-refractivity contribution in [3.05, 3.63) is 90.0 Å². The SMILES string of the molecule is CCOc1ccc(-c2cc(C(=O)Nc3ccc(C)cc3)c3ccccc3n2)cc1. The largest absolute Gasteiger partial charge is 0.494 e. The van der Waals surface area contributed by atoms with Crippen LogP contribution in [0.15, 0.2) is 78.9 Å². The van der Waals surface area contributed by atoms with Crippen molar-refractivity contribution < 1.29 is 9.53 Å². The molecule has 1 N–H and O–H groups in total. The quantitative estimate of drug-likeness (QED) is 0.470. The zero-order valence-corrected chi connectivity index (χ0v) is 16.5. The molecule has 0 atom stereocenters. The van der Waals surface area contributed by atoms with E-state index < -0.39 is 0 Å². The zero-order valence-electron chi connectivity index (χ0n) is 16.5. The number of hydrogen-bond acceptors (Lipinski definition) is 3. The number of anilines is 1. The molecule has 3 aromatic carbocycles. The molecule has 1 aromatic heterocycles. The number of aryl methyl sites for hydroxylation is 1. The summed E-state index contributed by atoms with van der Waals surface area (Å²) in [6, 6.07) is 25.1. The Morgan fingerprint density at radius 2 is 1.69 bits per heavy atom. The maximum atomic E-state index is 13.1. The average molecular weight is 382 g/mol. The Hall–Kier alpha value is -3.66. The Bertz CT molecular complexity index is 1150. The van der Waals surface area contributed by atoms with E-state index in [0.29, 0.717) is 12.2 Å². The van der Waals surface area contributed by atoms with Crippen LogP contribution in [0.4, 0.5) is 5.69 Å². The Morgan fingerprint density at radius 1 is 0.966 bits per heavy atom. The summed E-state index contributed by atoms with van der Waals surface area (Å²) < 4.78 is 5.52. The molecule has 0 saturated carbocycles. The van der Waals surface area contributed by atoms with Crippen LogP contribution >= 0.6 is 0 Å². The van der Waals surface area contributed by atoms with E-state index in [1.165, 1.54) is 0 Å². The molecule has 0 spiro atoms. The number of nitrogens with one attached hydrogen (secondary N) is 1. The van der Waals surface area contributed by atoms with Gasteiger partial charge in [0.05, 0.1) is 23.4 Å². The van der Waals surface area contributed by atoms with Crippen molar-refractivity contribution in [3.63, 3.8) is 0 Å². The second-order valence-corrected chi connectivity index (χ2v) is 6.85. The van der Waals surface area contributed by atoms with Crippen molar-refractivity contribution in [2.75, 3.05) is 11.9 Å². The molecule has 4 heteroatoms. The first-order chi connectivity index (χ1) is 14.1. The van der Waals surface area contributed by atoms with Gasteiger partial charge in [0, 0.05) is 16.6 Å². The van der Waals surface area contributed by atoms with Gasteiger partial charge >= 0.3 is 0 Å². The van der Waals surface area contributed by atoms with E-state index in [-0.39, 0.29) is 5.91 Å². The average Bonchev–Trinajstić information content (AvgIpc) is 2.75. The van der Waals surface area contributed by atoms with Crippen LogP contribution < -0.4 is 10.1 Å². The van der Waals surface area contributed by atoms with Crippen LogP contribution in [0.25, 0.3) is 22.2 Å². The van der Waals surface area contributed by atoms with Gasteiger partial charge in [-0.15, -0.1) is 0 Å². The number of hydrogen-bond donors (Lipinski definition) is 1.